The number of hydrogen-bond acceptors (Lipinski definition) is 3. The van der Waals surface area contributed by atoms with Gasteiger partial charge in [0.15, 0.2) is 5.13 Å². The van der Waals surface area contributed by atoms with Crippen LogP contribution in [0.15, 0.2) is 5.38 Å². The van der Waals surface area contributed by atoms with Gasteiger partial charge in [0.1, 0.15) is 0 Å². The summed E-state index contributed by atoms with van der Waals surface area (Å²) in [5, 5.41) is 3.33. The van der Waals surface area contributed by atoms with Crippen LogP contribution >= 0.6 is 11.3 Å². The van der Waals surface area contributed by atoms with E-state index >= 15 is 0 Å². The molecule has 0 bridgehead atoms. The van der Waals surface area contributed by atoms with Crippen LogP contribution in [0.25, 0.3) is 0 Å². The van der Waals surface area contributed by atoms with Crippen molar-refractivity contribution in [3.8, 4) is 0 Å². The second-order valence-corrected chi connectivity index (χ2v) is 4.45. The van der Waals surface area contributed by atoms with Gasteiger partial charge < -0.3 is 4.90 Å². The molecule has 1 atom stereocenters. The maximum atomic E-state index is 4.47. The molecule has 1 fully saturated rings. The van der Waals surface area contributed by atoms with Crippen LogP contribution in [0.1, 0.15) is 19.0 Å². The van der Waals surface area contributed by atoms with E-state index in [1.807, 2.05) is 0 Å². The van der Waals surface area contributed by atoms with E-state index in [0.29, 0.717) is 0 Å². The third-order valence-corrected chi connectivity index (χ3v) is 3.32. The van der Waals surface area contributed by atoms with Gasteiger partial charge in [-0.2, -0.15) is 0 Å². The van der Waals surface area contributed by atoms with Gasteiger partial charge in [-0.1, -0.05) is 6.92 Å². The molecule has 2 heterocycles. The number of aromatic nitrogens is 1. The van der Waals surface area contributed by atoms with E-state index in [0.717, 1.165) is 11.6 Å². The molecule has 0 amide bonds. The van der Waals surface area contributed by atoms with Gasteiger partial charge in [-0.15, -0.1) is 11.3 Å². The molecule has 0 N–H and O–H groups in total. The molecule has 1 aliphatic heterocycles. The monoisotopic (exact) mass is 182 g/mol. The van der Waals surface area contributed by atoms with E-state index in [1.54, 1.807) is 11.3 Å². The minimum Gasteiger partial charge on any atom is -0.348 e. The van der Waals surface area contributed by atoms with E-state index in [9.17, 15) is 0 Å². The normalized spacial score (nSPS) is 23.5. The van der Waals surface area contributed by atoms with Gasteiger partial charge in [-0.05, 0) is 19.3 Å². The third kappa shape index (κ3) is 1.46. The van der Waals surface area contributed by atoms with Crippen LogP contribution in [0.2, 0.25) is 0 Å². The number of hydrogen-bond donors (Lipinski definition) is 0. The van der Waals surface area contributed by atoms with Gasteiger partial charge in [-0.25, -0.2) is 4.98 Å². The Bertz CT molecular complexity index is 269. The molecule has 0 radical (unpaired) electrons. The third-order valence-electron chi connectivity index (χ3n) is 2.30. The van der Waals surface area contributed by atoms with E-state index in [-0.39, 0.29) is 0 Å². The summed E-state index contributed by atoms with van der Waals surface area (Å²) in [5.41, 5.74) is 1.15. The Morgan fingerprint density at radius 2 is 2.50 bits per heavy atom. The predicted octanol–water partition coefficient (Wildman–Crippen LogP) is 2.30. The van der Waals surface area contributed by atoms with Crippen molar-refractivity contribution in [1.29, 1.82) is 0 Å². The van der Waals surface area contributed by atoms with Crippen molar-refractivity contribution in [2.45, 2.75) is 20.3 Å². The van der Waals surface area contributed by atoms with Crippen molar-refractivity contribution < 1.29 is 0 Å². The quantitative estimate of drug-likeness (QED) is 0.662. The van der Waals surface area contributed by atoms with Crippen LogP contribution in [-0.4, -0.2) is 18.1 Å². The van der Waals surface area contributed by atoms with E-state index < -0.39 is 0 Å². The van der Waals surface area contributed by atoms with Crippen molar-refractivity contribution in [3.63, 3.8) is 0 Å². The van der Waals surface area contributed by atoms with Gasteiger partial charge in [0.05, 0.1) is 5.69 Å². The first-order chi connectivity index (χ1) is 5.75. The van der Waals surface area contributed by atoms with E-state index in [2.05, 4.69) is 29.1 Å². The van der Waals surface area contributed by atoms with E-state index in [4.69, 9.17) is 0 Å². The van der Waals surface area contributed by atoms with Crippen LogP contribution in [-0.2, 0) is 0 Å². The van der Waals surface area contributed by atoms with E-state index in [1.165, 1.54) is 24.6 Å². The zero-order valence-electron chi connectivity index (χ0n) is 7.58. The highest BCUT2D eigenvalue weighted by Gasteiger charge is 2.20. The minimum absolute atomic E-state index is 0.842. The SMILES string of the molecule is Cc1csc(N2CCC(C)C2)n1. The van der Waals surface area contributed by atoms with Gasteiger partial charge in [-0.3, -0.25) is 0 Å². The molecule has 3 heteroatoms. The van der Waals surface area contributed by atoms with Crippen LogP contribution in [0.4, 0.5) is 5.13 Å². The van der Waals surface area contributed by atoms with Crippen LogP contribution in [0, 0.1) is 12.8 Å². The molecule has 2 rings (SSSR count). The standard InChI is InChI=1S/C9H14N2S/c1-7-3-4-11(5-7)9-10-8(2)6-12-9/h6-7H,3-5H2,1-2H3. The number of nitrogens with zero attached hydrogens (tertiary/aromatic N) is 2. The topological polar surface area (TPSA) is 16.1 Å². The number of aryl methyl sites for hydroxylation is 1. The minimum atomic E-state index is 0.842. The van der Waals surface area contributed by atoms with Crippen molar-refractivity contribution >= 4 is 16.5 Å². The van der Waals surface area contributed by atoms with Crippen LogP contribution < -0.4 is 4.90 Å². The summed E-state index contributed by atoms with van der Waals surface area (Å²) < 4.78 is 0. The lowest BCUT2D eigenvalue weighted by Gasteiger charge is -2.13. The zero-order valence-corrected chi connectivity index (χ0v) is 8.40. The molecule has 1 aromatic rings. The summed E-state index contributed by atoms with van der Waals surface area (Å²) in [4.78, 5) is 6.86. The fraction of sp³-hybridized carbons (Fsp3) is 0.667. The molecule has 0 aromatic carbocycles. The Morgan fingerprint density at radius 3 is 3.00 bits per heavy atom. The fourth-order valence-corrected chi connectivity index (χ4v) is 2.44. The first kappa shape index (κ1) is 8.05. The lowest BCUT2D eigenvalue weighted by molar-refractivity contribution is 0.659. The largest absolute Gasteiger partial charge is 0.348 e. The number of thiazole rings is 1. The summed E-state index contributed by atoms with van der Waals surface area (Å²) in [6.45, 7) is 6.74. The Morgan fingerprint density at radius 1 is 1.67 bits per heavy atom. The molecule has 0 spiro atoms. The van der Waals surface area contributed by atoms with Gasteiger partial charge in [0.25, 0.3) is 0 Å². The summed E-state index contributed by atoms with van der Waals surface area (Å²) >= 11 is 1.76. The molecular formula is C9H14N2S. The zero-order chi connectivity index (χ0) is 8.55. The average molecular weight is 182 g/mol. The highest BCUT2D eigenvalue weighted by molar-refractivity contribution is 7.13. The van der Waals surface area contributed by atoms with Gasteiger partial charge in [0, 0.05) is 18.5 Å². The maximum Gasteiger partial charge on any atom is 0.185 e. The Hall–Kier alpha value is -0.570. The molecule has 0 aliphatic carbocycles. The van der Waals surface area contributed by atoms with Crippen molar-refractivity contribution in [2.75, 3.05) is 18.0 Å². The lowest BCUT2D eigenvalue weighted by atomic mass is 10.2. The molecule has 1 aromatic heterocycles. The fourth-order valence-electron chi connectivity index (χ4n) is 1.60. The van der Waals surface area contributed by atoms with Crippen molar-refractivity contribution in [1.82, 2.24) is 4.98 Å². The molecular weight excluding hydrogens is 168 g/mol. The number of rotatable bonds is 1. The maximum absolute atomic E-state index is 4.47. The summed E-state index contributed by atoms with van der Waals surface area (Å²) in [6, 6.07) is 0. The van der Waals surface area contributed by atoms with Crippen molar-refractivity contribution in [3.05, 3.63) is 11.1 Å². The van der Waals surface area contributed by atoms with Gasteiger partial charge in [0.2, 0.25) is 0 Å². The highest BCUT2D eigenvalue weighted by Crippen LogP contribution is 2.26. The second-order valence-electron chi connectivity index (χ2n) is 3.61. The first-order valence-electron chi connectivity index (χ1n) is 4.43. The number of anilines is 1. The summed E-state index contributed by atoms with van der Waals surface area (Å²) in [5.74, 6) is 0.842. The van der Waals surface area contributed by atoms with Gasteiger partial charge >= 0.3 is 0 Å². The Kier molecular flexibility index (Phi) is 2.05. The van der Waals surface area contributed by atoms with Crippen LogP contribution in [0.5, 0.6) is 0 Å². The average Bonchev–Trinajstić information content (AvgIpc) is 2.58. The lowest BCUT2D eigenvalue weighted by Crippen LogP contribution is -2.18. The highest BCUT2D eigenvalue weighted by atomic mass is 32.1. The summed E-state index contributed by atoms with van der Waals surface area (Å²) in [7, 11) is 0. The summed E-state index contributed by atoms with van der Waals surface area (Å²) in [6.07, 6.45) is 1.32. The molecule has 0 saturated carbocycles. The molecule has 66 valence electrons. The molecule has 12 heavy (non-hydrogen) atoms. The first-order valence-corrected chi connectivity index (χ1v) is 5.31. The smallest absolute Gasteiger partial charge is 0.185 e. The molecule has 1 saturated heterocycles. The second kappa shape index (κ2) is 3.05. The van der Waals surface area contributed by atoms with Crippen molar-refractivity contribution in [2.24, 2.45) is 5.92 Å². The van der Waals surface area contributed by atoms with Crippen LogP contribution in [0.3, 0.4) is 0 Å². The Balaban J connectivity index is 2.11. The Labute approximate surface area is 77.2 Å². The predicted molar refractivity (Wildman–Crippen MR) is 52.8 cm³/mol. The molecule has 1 aliphatic rings. The molecule has 2 nitrogen and oxygen atoms in total. The molecule has 1 unspecified atom stereocenters.